The number of benzene rings is 2. The smallest absolute Gasteiger partial charge is 0.276 e. The number of H-pyrrole nitrogens is 1. The lowest BCUT2D eigenvalue weighted by Crippen LogP contribution is -2.13. The predicted molar refractivity (Wildman–Crippen MR) is 78.3 cm³/mol. The Morgan fingerprint density at radius 2 is 1.83 bits per heavy atom. The van der Waals surface area contributed by atoms with Gasteiger partial charge in [-0.3, -0.25) is 9.89 Å². The predicted octanol–water partition coefficient (Wildman–Crippen LogP) is 3.75. The van der Waals surface area contributed by atoms with Crippen molar-refractivity contribution in [2.24, 2.45) is 0 Å². The molecule has 1 heterocycles. The summed E-state index contributed by atoms with van der Waals surface area (Å²) in [7, 11) is 0. The summed E-state index contributed by atoms with van der Waals surface area (Å²) in [5.74, 6) is -3.15. The second-order valence-corrected chi connectivity index (χ2v) is 4.73. The van der Waals surface area contributed by atoms with Crippen LogP contribution in [0.25, 0.3) is 11.1 Å². The minimum absolute atomic E-state index is 0.116. The zero-order chi connectivity index (χ0) is 16.4. The molecule has 0 aliphatic heterocycles. The molecule has 7 heteroatoms. The van der Waals surface area contributed by atoms with E-state index in [4.69, 9.17) is 0 Å². The molecule has 0 atom stereocenters. The van der Waals surface area contributed by atoms with Crippen molar-refractivity contribution in [3.05, 3.63) is 71.8 Å². The zero-order valence-electron chi connectivity index (χ0n) is 11.6. The van der Waals surface area contributed by atoms with Crippen molar-refractivity contribution in [2.45, 2.75) is 0 Å². The van der Waals surface area contributed by atoms with E-state index in [0.717, 1.165) is 18.2 Å². The van der Waals surface area contributed by atoms with E-state index in [0.29, 0.717) is 11.1 Å². The number of hydrogen-bond acceptors (Lipinski definition) is 2. The normalized spacial score (nSPS) is 10.6. The summed E-state index contributed by atoms with van der Waals surface area (Å²) in [5.41, 5.74) is 0.907. The van der Waals surface area contributed by atoms with Crippen LogP contribution in [0, 0.1) is 17.5 Å². The van der Waals surface area contributed by atoms with Gasteiger partial charge < -0.3 is 5.32 Å². The summed E-state index contributed by atoms with van der Waals surface area (Å²) < 4.78 is 40.0. The first-order valence-corrected chi connectivity index (χ1v) is 6.61. The Morgan fingerprint density at radius 1 is 1.00 bits per heavy atom. The molecule has 0 radical (unpaired) electrons. The highest BCUT2D eigenvalue weighted by atomic mass is 19.2. The van der Waals surface area contributed by atoms with Crippen LogP contribution in [0.5, 0.6) is 0 Å². The summed E-state index contributed by atoms with van der Waals surface area (Å²) >= 11 is 0. The highest BCUT2D eigenvalue weighted by Crippen LogP contribution is 2.30. The molecule has 4 nitrogen and oxygen atoms in total. The highest BCUT2D eigenvalue weighted by molar-refractivity contribution is 6.05. The fourth-order valence-corrected chi connectivity index (χ4v) is 2.11. The van der Waals surface area contributed by atoms with Crippen molar-refractivity contribution >= 4 is 11.6 Å². The minimum atomic E-state index is -1.03. The lowest BCUT2D eigenvalue weighted by molar-refractivity contribution is 0.102. The molecular formula is C16H10F3N3O. The van der Waals surface area contributed by atoms with Gasteiger partial charge in [0, 0.05) is 11.8 Å². The first-order chi connectivity index (χ1) is 11.0. The number of anilines is 1. The molecule has 0 fully saturated rings. The lowest BCUT2D eigenvalue weighted by atomic mass is 10.0. The van der Waals surface area contributed by atoms with Gasteiger partial charge in [0.25, 0.3) is 5.91 Å². The maximum Gasteiger partial charge on any atom is 0.276 e. The zero-order valence-corrected chi connectivity index (χ0v) is 11.6. The maximum atomic E-state index is 13.5. The van der Waals surface area contributed by atoms with Gasteiger partial charge in [-0.15, -0.1) is 0 Å². The van der Waals surface area contributed by atoms with Crippen molar-refractivity contribution in [1.29, 1.82) is 0 Å². The molecule has 3 aromatic rings. The van der Waals surface area contributed by atoms with Gasteiger partial charge in [-0.05, 0) is 42.0 Å². The van der Waals surface area contributed by atoms with Gasteiger partial charge >= 0.3 is 0 Å². The molecule has 116 valence electrons. The first kappa shape index (κ1) is 14.8. The molecule has 2 aromatic carbocycles. The van der Waals surface area contributed by atoms with E-state index < -0.39 is 23.4 Å². The number of nitrogens with zero attached hydrogens (tertiary/aromatic N) is 1. The van der Waals surface area contributed by atoms with Gasteiger partial charge in [0.2, 0.25) is 0 Å². The van der Waals surface area contributed by atoms with Crippen molar-refractivity contribution in [1.82, 2.24) is 10.2 Å². The fourth-order valence-electron chi connectivity index (χ4n) is 2.11. The first-order valence-electron chi connectivity index (χ1n) is 6.61. The Kier molecular flexibility index (Phi) is 3.84. The lowest BCUT2D eigenvalue weighted by Gasteiger charge is -2.11. The second-order valence-electron chi connectivity index (χ2n) is 4.73. The molecule has 0 spiro atoms. The minimum Gasteiger partial charge on any atom is -0.320 e. The highest BCUT2D eigenvalue weighted by Gasteiger charge is 2.14. The molecule has 1 aromatic heterocycles. The Balaban J connectivity index is 2.01. The van der Waals surface area contributed by atoms with Gasteiger partial charge in [-0.1, -0.05) is 6.07 Å². The van der Waals surface area contributed by atoms with Crippen LogP contribution in [0.4, 0.5) is 18.9 Å². The molecule has 0 saturated carbocycles. The van der Waals surface area contributed by atoms with E-state index in [9.17, 15) is 18.0 Å². The largest absolute Gasteiger partial charge is 0.320 e. The number of rotatable bonds is 3. The standard InChI is InChI=1S/C16H10F3N3O/c17-10-2-3-11(9-1-4-12(18)13(19)7-9)15(8-10)21-16(23)14-5-6-20-22-14/h1-8H,(H,20,22)(H,21,23). The van der Waals surface area contributed by atoms with E-state index in [2.05, 4.69) is 15.5 Å². The van der Waals surface area contributed by atoms with E-state index in [-0.39, 0.29) is 11.4 Å². The molecule has 23 heavy (non-hydrogen) atoms. The number of aromatic nitrogens is 2. The van der Waals surface area contributed by atoms with Crippen molar-refractivity contribution in [2.75, 3.05) is 5.32 Å². The van der Waals surface area contributed by atoms with Crippen LogP contribution >= 0.6 is 0 Å². The van der Waals surface area contributed by atoms with Crippen LogP contribution in [0.1, 0.15) is 10.5 Å². The Bertz CT molecular complexity index is 863. The Morgan fingerprint density at radius 3 is 2.52 bits per heavy atom. The van der Waals surface area contributed by atoms with Gasteiger partial charge in [-0.2, -0.15) is 5.10 Å². The number of halogens is 3. The molecule has 2 N–H and O–H groups in total. The van der Waals surface area contributed by atoms with Crippen molar-refractivity contribution in [3.63, 3.8) is 0 Å². The third kappa shape index (κ3) is 3.08. The van der Waals surface area contributed by atoms with Crippen LogP contribution in [0.3, 0.4) is 0 Å². The third-order valence-corrected chi connectivity index (χ3v) is 3.19. The Labute approximate surface area is 129 Å². The Hall–Kier alpha value is -3.09. The van der Waals surface area contributed by atoms with Crippen LogP contribution in [-0.4, -0.2) is 16.1 Å². The summed E-state index contributed by atoms with van der Waals surface area (Å²) in [6.07, 6.45) is 1.47. The number of aromatic amines is 1. The van der Waals surface area contributed by atoms with Crippen LogP contribution < -0.4 is 5.32 Å². The van der Waals surface area contributed by atoms with Gasteiger partial charge in [0.1, 0.15) is 11.5 Å². The molecule has 0 unspecified atom stereocenters. The molecule has 0 aliphatic rings. The average molecular weight is 317 g/mol. The van der Waals surface area contributed by atoms with Crippen molar-refractivity contribution < 1.29 is 18.0 Å². The van der Waals surface area contributed by atoms with E-state index in [1.807, 2.05) is 0 Å². The molecule has 1 amide bonds. The monoisotopic (exact) mass is 317 g/mol. The van der Waals surface area contributed by atoms with Gasteiger partial charge in [0.15, 0.2) is 11.6 Å². The number of hydrogen-bond donors (Lipinski definition) is 2. The average Bonchev–Trinajstić information content (AvgIpc) is 3.05. The van der Waals surface area contributed by atoms with E-state index in [1.165, 1.54) is 30.5 Å². The molecule has 0 bridgehead atoms. The quantitative estimate of drug-likeness (QED) is 0.773. The summed E-state index contributed by atoms with van der Waals surface area (Å²) in [6.45, 7) is 0. The molecule has 3 rings (SSSR count). The topological polar surface area (TPSA) is 57.8 Å². The summed E-state index contributed by atoms with van der Waals surface area (Å²) in [5, 5.41) is 8.72. The number of nitrogens with one attached hydrogen (secondary N) is 2. The summed E-state index contributed by atoms with van der Waals surface area (Å²) in [6, 6.07) is 8.38. The molecule has 0 saturated heterocycles. The van der Waals surface area contributed by atoms with Crippen LogP contribution in [0.15, 0.2) is 48.7 Å². The third-order valence-electron chi connectivity index (χ3n) is 3.19. The van der Waals surface area contributed by atoms with E-state index >= 15 is 0 Å². The number of amides is 1. The van der Waals surface area contributed by atoms with E-state index in [1.54, 1.807) is 0 Å². The van der Waals surface area contributed by atoms with Crippen LogP contribution in [-0.2, 0) is 0 Å². The van der Waals surface area contributed by atoms with Gasteiger partial charge in [0.05, 0.1) is 5.69 Å². The number of carbonyl (C=O) groups excluding carboxylic acids is 1. The maximum absolute atomic E-state index is 13.5. The second kappa shape index (κ2) is 5.96. The molecular weight excluding hydrogens is 307 g/mol. The van der Waals surface area contributed by atoms with Crippen LogP contribution in [0.2, 0.25) is 0 Å². The number of carbonyl (C=O) groups is 1. The van der Waals surface area contributed by atoms with Gasteiger partial charge in [-0.25, -0.2) is 13.2 Å². The van der Waals surface area contributed by atoms with Crippen molar-refractivity contribution in [3.8, 4) is 11.1 Å². The summed E-state index contributed by atoms with van der Waals surface area (Å²) in [4.78, 5) is 12.0. The fraction of sp³-hybridized carbons (Fsp3) is 0. The molecule has 0 aliphatic carbocycles. The SMILES string of the molecule is O=C(Nc1cc(F)ccc1-c1ccc(F)c(F)c1)c1cc[nH]n1.